The largest absolute Gasteiger partial charge is 0.487 e. The lowest BCUT2D eigenvalue weighted by Gasteiger charge is -2.37. The zero-order valence-corrected chi connectivity index (χ0v) is 13.5. The summed E-state index contributed by atoms with van der Waals surface area (Å²) in [6.07, 6.45) is 2.34. The van der Waals surface area contributed by atoms with E-state index in [4.69, 9.17) is 4.74 Å². The van der Waals surface area contributed by atoms with Gasteiger partial charge < -0.3 is 10.1 Å². The molecule has 0 unspecified atom stereocenters. The summed E-state index contributed by atoms with van der Waals surface area (Å²) in [5, 5.41) is 7.17. The molecule has 1 aliphatic rings. The van der Waals surface area contributed by atoms with Gasteiger partial charge in [-0.15, -0.1) is 0 Å². The molecule has 3 rings (SSSR count). The number of hydrogen-bond donors (Lipinski definition) is 1. The molecule has 1 N–H and O–H groups in total. The Morgan fingerprint density at radius 2 is 2.26 bits per heavy atom. The van der Waals surface area contributed by atoms with Gasteiger partial charge in [0, 0.05) is 18.2 Å². The van der Waals surface area contributed by atoms with Crippen molar-refractivity contribution in [2.24, 2.45) is 0 Å². The van der Waals surface area contributed by atoms with Gasteiger partial charge in [0.05, 0.1) is 11.7 Å². The molecule has 23 heavy (non-hydrogen) atoms. The lowest BCUT2D eigenvalue weighted by Crippen LogP contribution is -2.42. The zero-order valence-electron chi connectivity index (χ0n) is 13.5. The summed E-state index contributed by atoms with van der Waals surface area (Å²) in [5.41, 5.74) is 1.11. The van der Waals surface area contributed by atoms with Crippen molar-refractivity contribution >= 4 is 5.91 Å². The van der Waals surface area contributed by atoms with Crippen LogP contribution in [0.2, 0.25) is 0 Å². The SMILES string of the molecule is Cc1ccn(CC(=O)N[C@H]2CC(C)(C)Oc3ccc(F)cc32)n1. The first kappa shape index (κ1) is 15.5. The number of nitrogens with one attached hydrogen (secondary N) is 1. The number of aromatic nitrogens is 2. The second-order valence-electron chi connectivity index (χ2n) is 6.52. The van der Waals surface area contributed by atoms with Gasteiger partial charge in [-0.05, 0) is 45.0 Å². The fourth-order valence-corrected chi connectivity index (χ4v) is 2.89. The van der Waals surface area contributed by atoms with Crippen molar-refractivity contribution in [3.8, 4) is 5.75 Å². The summed E-state index contributed by atoms with van der Waals surface area (Å²) in [5.74, 6) is 0.114. The van der Waals surface area contributed by atoms with Crippen LogP contribution in [0, 0.1) is 12.7 Å². The Morgan fingerprint density at radius 3 is 2.96 bits per heavy atom. The first-order chi connectivity index (χ1) is 10.8. The third-order valence-electron chi connectivity index (χ3n) is 3.84. The third kappa shape index (κ3) is 3.52. The number of halogens is 1. The van der Waals surface area contributed by atoms with Crippen LogP contribution in [0.15, 0.2) is 30.5 Å². The first-order valence-corrected chi connectivity index (χ1v) is 7.60. The number of carbonyl (C=O) groups is 1. The molecule has 1 atom stereocenters. The number of rotatable bonds is 3. The van der Waals surface area contributed by atoms with Crippen LogP contribution in [0.5, 0.6) is 5.75 Å². The van der Waals surface area contributed by atoms with E-state index in [1.165, 1.54) is 12.1 Å². The molecular formula is C17H20FN3O2. The Kier molecular flexibility index (Phi) is 3.83. The molecule has 0 saturated carbocycles. The van der Waals surface area contributed by atoms with Crippen LogP contribution in [0.3, 0.4) is 0 Å². The number of ether oxygens (including phenoxy) is 1. The highest BCUT2D eigenvalue weighted by Crippen LogP contribution is 2.39. The standard InChI is InChI=1S/C17H20FN3O2/c1-11-6-7-21(20-11)10-16(22)19-14-9-17(2,3)23-15-5-4-12(18)8-13(14)15/h4-8,14H,9-10H2,1-3H3,(H,19,22)/t14-/m0/s1. The number of amides is 1. The van der Waals surface area contributed by atoms with Crippen LogP contribution < -0.4 is 10.1 Å². The van der Waals surface area contributed by atoms with Crippen LogP contribution in [-0.2, 0) is 11.3 Å². The molecule has 2 aromatic rings. The third-order valence-corrected chi connectivity index (χ3v) is 3.84. The van der Waals surface area contributed by atoms with Crippen molar-refractivity contribution in [2.45, 2.75) is 45.4 Å². The minimum absolute atomic E-state index is 0.135. The molecule has 1 aromatic heterocycles. The van der Waals surface area contributed by atoms with Gasteiger partial charge in [0.1, 0.15) is 23.7 Å². The molecule has 1 aromatic carbocycles. The Balaban J connectivity index is 1.79. The van der Waals surface area contributed by atoms with Crippen molar-refractivity contribution < 1.29 is 13.9 Å². The zero-order chi connectivity index (χ0) is 16.6. The van der Waals surface area contributed by atoms with Crippen LogP contribution in [0.1, 0.15) is 37.6 Å². The van der Waals surface area contributed by atoms with Crippen molar-refractivity contribution in [3.63, 3.8) is 0 Å². The maximum atomic E-state index is 13.6. The number of carbonyl (C=O) groups excluding carboxylic acids is 1. The molecule has 5 nitrogen and oxygen atoms in total. The molecule has 0 saturated heterocycles. The summed E-state index contributed by atoms with van der Waals surface area (Å²) >= 11 is 0. The molecular weight excluding hydrogens is 297 g/mol. The Bertz CT molecular complexity index is 739. The normalized spacial score (nSPS) is 18.9. The quantitative estimate of drug-likeness (QED) is 0.947. The second-order valence-corrected chi connectivity index (χ2v) is 6.52. The molecule has 1 amide bonds. The summed E-state index contributed by atoms with van der Waals surface area (Å²) in [6.45, 7) is 5.91. The van der Waals surface area contributed by atoms with E-state index >= 15 is 0 Å². The summed E-state index contributed by atoms with van der Waals surface area (Å²) < 4.78 is 21.0. The van der Waals surface area contributed by atoms with E-state index in [2.05, 4.69) is 10.4 Å². The van der Waals surface area contributed by atoms with Gasteiger partial charge in [-0.3, -0.25) is 9.48 Å². The van der Waals surface area contributed by atoms with Crippen molar-refractivity contribution in [1.29, 1.82) is 0 Å². The van der Waals surface area contributed by atoms with E-state index in [1.54, 1.807) is 16.9 Å². The predicted molar refractivity (Wildman–Crippen MR) is 83.6 cm³/mol. The number of aryl methyl sites for hydroxylation is 1. The molecule has 0 radical (unpaired) electrons. The van der Waals surface area contributed by atoms with Gasteiger partial charge >= 0.3 is 0 Å². The van der Waals surface area contributed by atoms with Crippen LogP contribution in [-0.4, -0.2) is 21.3 Å². The number of benzene rings is 1. The van der Waals surface area contributed by atoms with Crippen LogP contribution in [0.4, 0.5) is 4.39 Å². The van der Waals surface area contributed by atoms with Gasteiger partial charge in [0.15, 0.2) is 0 Å². The number of fused-ring (bicyclic) bond motifs is 1. The molecule has 122 valence electrons. The molecule has 0 bridgehead atoms. The van der Waals surface area contributed by atoms with Gasteiger partial charge in [-0.25, -0.2) is 4.39 Å². The highest BCUT2D eigenvalue weighted by Gasteiger charge is 2.34. The van der Waals surface area contributed by atoms with E-state index in [1.807, 2.05) is 26.8 Å². The van der Waals surface area contributed by atoms with E-state index in [9.17, 15) is 9.18 Å². The number of nitrogens with zero attached hydrogens (tertiary/aromatic N) is 2. The lowest BCUT2D eigenvalue weighted by atomic mass is 9.89. The molecule has 0 fully saturated rings. The van der Waals surface area contributed by atoms with Crippen LogP contribution >= 0.6 is 0 Å². The Hall–Kier alpha value is -2.37. The van der Waals surface area contributed by atoms with Crippen molar-refractivity contribution in [2.75, 3.05) is 0 Å². The maximum Gasteiger partial charge on any atom is 0.242 e. The molecule has 2 heterocycles. The second kappa shape index (κ2) is 5.68. The minimum Gasteiger partial charge on any atom is -0.487 e. The average Bonchev–Trinajstić information content (AvgIpc) is 2.84. The van der Waals surface area contributed by atoms with Gasteiger partial charge in [-0.2, -0.15) is 5.10 Å². The van der Waals surface area contributed by atoms with Gasteiger partial charge in [0.25, 0.3) is 0 Å². The summed E-state index contributed by atoms with van der Waals surface area (Å²) in [7, 11) is 0. The minimum atomic E-state index is -0.426. The average molecular weight is 317 g/mol. The van der Waals surface area contributed by atoms with E-state index in [0.29, 0.717) is 17.7 Å². The van der Waals surface area contributed by atoms with Gasteiger partial charge in [0.2, 0.25) is 5.91 Å². The van der Waals surface area contributed by atoms with Crippen LogP contribution in [0.25, 0.3) is 0 Å². The summed E-state index contributed by atoms with van der Waals surface area (Å²) in [4.78, 5) is 12.3. The Morgan fingerprint density at radius 1 is 1.48 bits per heavy atom. The lowest BCUT2D eigenvalue weighted by molar-refractivity contribution is -0.123. The monoisotopic (exact) mass is 317 g/mol. The van der Waals surface area contributed by atoms with E-state index in [-0.39, 0.29) is 24.3 Å². The molecule has 0 spiro atoms. The van der Waals surface area contributed by atoms with Crippen molar-refractivity contribution in [3.05, 3.63) is 47.5 Å². The topological polar surface area (TPSA) is 56.2 Å². The fourth-order valence-electron chi connectivity index (χ4n) is 2.89. The smallest absolute Gasteiger partial charge is 0.242 e. The fraction of sp³-hybridized carbons (Fsp3) is 0.412. The van der Waals surface area contributed by atoms with Gasteiger partial charge in [-0.1, -0.05) is 0 Å². The number of hydrogen-bond acceptors (Lipinski definition) is 3. The predicted octanol–water partition coefficient (Wildman–Crippen LogP) is 2.75. The van der Waals surface area contributed by atoms with Crippen molar-refractivity contribution in [1.82, 2.24) is 15.1 Å². The van der Waals surface area contributed by atoms with E-state index < -0.39 is 5.60 Å². The molecule has 0 aliphatic carbocycles. The summed E-state index contributed by atoms with van der Waals surface area (Å²) in [6, 6.07) is 5.96. The first-order valence-electron chi connectivity index (χ1n) is 7.60. The highest BCUT2D eigenvalue weighted by atomic mass is 19.1. The maximum absolute atomic E-state index is 13.6. The highest BCUT2D eigenvalue weighted by molar-refractivity contribution is 5.76. The van der Waals surface area contributed by atoms with E-state index in [0.717, 1.165) is 5.69 Å². The molecule has 1 aliphatic heterocycles. The molecule has 6 heteroatoms. The Labute approximate surface area is 134 Å².